The van der Waals surface area contributed by atoms with Crippen LogP contribution in [0.1, 0.15) is 29.8 Å². The smallest absolute Gasteiger partial charge is 0.304 e. The molecule has 5 heteroatoms. The largest absolute Gasteiger partial charge is 0.481 e. The number of thiazole rings is 1. The van der Waals surface area contributed by atoms with E-state index in [2.05, 4.69) is 9.88 Å². The summed E-state index contributed by atoms with van der Waals surface area (Å²) in [5, 5.41) is 8.73. The molecule has 1 aliphatic rings. The fourth-order valence-corrected chi connectivity index (χ4v) is 2.74. The summed E-state index contributed by atoms with van der Waals surface area (Å²) in [4.78, 5) is 18.5. The molecule has 1 saturated carbocycles. The third-order valence-corrected chi connectivity index (χ3v) is 4.14. The van der Waals surface area contributed by atoms with Gasteiger partial charge in [-0.15, -0.1) is 11.3 Å². The van der Waals surface area contributed by atoms with Crippen LogP contribution in [0.3, 0.4) is 0 Å². The Kier molecular flexibility index (Phi) is 4.12. The van der Waals surface area contributed by atoms with Crippen LogP contribution < -0.4 is 0 Å². The molecule has 1 heterocycles. The maximum absolute atomic E-state index is 10.6. The zero-order chi connectivity index (χ0) is 12.3. The molecule has 94 valence electrons. The van der Waals surface area contributed by atoms with Crippen molar-refractivity contribution in [3.63, 3.8) is 0 Å². The van der Waals surface area contributed by atoms with E-state index < -0.39 is 5.97 Å². The molecule has 1 aromatic heterocycles. The molecule has 0 unspecified atom stereocenters. The van der Waals surface area contributed by atoms with E-state index in [0.717, 1.165) is 18.7 Å². The van der Waals surface area contributed by atoms with Gasteiger partial charge in [0.25, 0.3) is 0 Å². The molecular formula is C12H18N2O2S. The summed E-state index contributed by atoms with van der Waals surface area (Å²) in [7, 11) is 0. The van der Waals surface area contributed by atoms with E-state index in [0.29, 0.717) is 12.6 Å². The highest BCUT2D eigenvalue weighted by atomic mass is 32.1. The summed E-state index contributed by atoms with van der Waals surface area (Å²) in [5.74, 6) is -0.704. The van der Waals surface area contributed by atoms with Crippen LogP contribution in [0.15, 0.2) is 5.51 Å². The molecular weight excluding hydrogens is 236 g/mol. The predicted molar refractivity (Wildman–Crippen MR) is 67.4 cm³/mol. The fourth-order valence-electron chi connectivity index (χ4n) is 1.97. The van der Waals surface area contributed by atoms with Crippen molar-refractivity contribution in [2.75, 3.05) is 13.1 Å². The molecule has 0 radical (unpaired) electrons. The van der Waals surface area contributed by atoms with Crippen molar-refractivity contribution >= 4 is 17.3 Å². The van der Waals surface area contributed by atoms with Gasteiger partial charge in [0.15, 0.2) is 0 Å². The zero-order valence-electron chi connectivity index (χ0n) is 10.1. The van der Waals surface area contributed by atoms with E-state index in [1.54, 1.807) is 11.3 Å². The van der Waals surface area contributed by atoms with Crippen molar-refractivity contribution in [1.82, 2.24) is 9.88 Å². The van der Waals surface area contributed by atoms with Gasteiger partial charge in [-0.25, -0.2) is 4.98 Å². The maximum atomic E-state index is 10.6. The van der Waals surface area contributed by atoms with Crippen LogP contribution in [0.5, 0.6) is 0 Å². The average Bonchev–Trinajstić information content (AvgIpc) is 3.03. The lowest BCUT2D eigenvalue weighted by Gasteiger charge is -2.20. The lowest BCUT2D eigenvalue weighted by Crippen LogP contribution is -2.30. The van der Waals surface area contributed by atoms with Crippen LogP contribution in [0, 0.1) is 6.92 Å². The van der Waals surface area contributed by atoms with Gasteiger partial charge >= 0.3 is 5.97 Å². The van der Waals surface area contributed by atoms with Crippen molar-refractivity contribution in [2.45, 2.75) is 38.6 Å². The van der Waals surface area contributed by atoms with Crippen LogP contribution in [-0.2, 0) is 11.2 Å². The zero-order valence-corrected chi connectivity index (χ0v) is 10.9. The lowest BCUT2D eigenvalue weighted by atomic mass is 10.2. The molecule has 17 heavy (non-hydrogen) atoms. The number of carboxylic acids is 1. The second kappa shape index (κ2) is 5.60. The van der Waals surface area contributed by atoms with Gasteiger partial charge in [-0.3, -0.25) is 9.69 Å². The first-order valence-corrected chi connectivity index (χ1v) is 6.89. The molecule has 0 bridgehead atoms. The van der Waals surface area contributed by atoms with Crippen LogP contribution in [-0.4, -0.2) is 40.1 Å². The summed E-state index contributed by atoms with van der Waals surface area (Å²) < 4.78 is 0. The van der Waals surface area contributed by atoms with Gasteiger partial charge in [0.1, 0.15) is 0 Å². The number of hydrogen-bond acceptors (Lipinski definition) is 4. The van der Waals surface area contributed by atoms with Crippen molar-refractivity contribution in [3.05, 3.63) is 16.1 Å². The van der Waals surface area contributed by atoms with Crippen LogP contribution in [0.25, 0.3) is 0 Å². The Balaban J connectivity index is 1.81. The molecule has 0 saturated heterocycles. The highest BCUT2D eigenvalue weighted by molar-refractivity contribution is 7.09. The Labute approximate surface area is 105 Å². The number of carbonyl (C=O) groups is 1. The van der Waals surface area contributed by atoms with E-state index in [-0.39, 0.29) is 6.42 Å². The first kappa shape index (κ1) is 12.5. The number of aliphatic carboxylic acids is 1. The second-order valence-electron chi connectivity index (χ2n) is 4.52. The van der Waals surface area contributed by atoms with Crippen LogP contribution in [0.2, 0.25) is 0 Å². The molecule has 1 aliphatic carbocycles. The molecule has 2 rings (SSSR count). The third kappa shape index (κ3) is 3.78. The second-order valence-corrected chi connectivity index (χ2v) is 5.46. The Morgan fingerprint density at radius 3 is 2.88 bits per heavy atom. The normalized spacial score (nSPS) is 15.4. The minimum atomic E-state index is -0.704. The Hall–Kier alpha value is -0.940. The highest BCUT2D eigenvalue weighted by Crippen LogP contribution is 2.27. The van der Waals surface area contributed by atoms with Gasteiger partial charge in [0.05, 0.1) is 17.6 Å². The number of nitrogens with zero attached hydrogens (tertiary/aromatic N) is 2. The molecule has 4 nitrogen and oxygen atoms in total. The highest BCUT2D eigenvalue weighted by Gasteiger charge is 2.28. The van der Waals surface area contributed by atoms with E-state index >= 15 is 0 Å². The van der Waals surface area contributed by atoms with Crippen molar-refractivity contribution in [1.29, 1.82) is 0 Å². The van der Waals surface area contributed by atoms with Gasteiger partial charge in [-0.1, -0.05) is 0 Å². The molecule has 0 atom stereocenters. The lowest BCUT2D eigenvalue weighted by molar-refractivity contribution is -0.137. The summed E-state index contributed by atoms with van der Waals surface area (Å²) in [6, 6.07) is 0.627. The van der Waals surface area contributed by atoms with Crippen LogP contribution >= 0.6 is 11.3 Å². The molecule has 0 aliphatic heterocycles. The standard InChI is InChI=1S/C12H18N2O2S/c1-9-11(17-8-13-9)4-6-14(10-2-3-10)7-5-12(15)16/h8,10H,2-7H2,1H3,(H,15,16). The van der Waals surface area contributed by atoms with Gasteiger partial charge in [-0.2, -0.15) is 0 Å². The minimum Gasteiger partial charge on any atom is -0.481 e. The number of hydrogen-bond donors (Lipinski definition) is 1. The minimum absolute atomic E-state index is 0.248. The Morgan fingerprint density at radius 1 is 1.59 bits per heavy atom. The maximum Gasteiger partial charge on any atom is 0.304 e. The predicted octanol–water partition coefficient (Wildman–Crippen LogP) is 1.93. The molecule has 0 aromatic carbocycles. The topological polar surface area (TPSA) is 53.4 Å². The molecule has 1 fully saturated rings. The quantitative estimate of drug-likeness (QED) is 0.808. The summed E-state index contributed by atoms with van der Waals surface area (Å²) in [6.07, 6.45) is 3.69. The summed E-state index contributed by atoms with van der Waals surface area (Å²) >= 11 is 1.69. The first-order chi connectivity index (χ1) is 8.16. The third-order valence-electron chi connectivity index (χ3n) is 3.15. The SMILES string of the molecule is Cc1ncsc1CCN(CCC(=O)O)C1CC1. The number of rotatable bonds is 7. The summed E-state index contributed by atoms with van der Waals surface area (Å²) in [5.41, 5.74) is 2.99. The molecule has 1 aromatic rings. The monoisotopic (exact) mass is 254 g/mol. The van der Waals surface area contributed by atoms with Crippen LogP contribution in [0.4, 0.5) is 0 Å². The van der Waals surface area contributed by atoms with Crippen molar-refractivity contribution in [3.8, 4) is 0 Å². The van der Waals surface area contributed by atoms with Crippen molar-refractivity contribution in [2.24, 2.45) is 0 Å². The van der Waals surface area contributed by atoms with E-state index in [1.807, 2.05) is 12.4 Å². The first-order valence-electron chi connectivity index (χ1n) is 6.01. The van der Waals surface area contributed by atoms with Gasteiger partial charge in [0, 0.05) is 24.0 Å². The van der Waals surface area contributed by atoms with E-state index in [9.17, 15) is 4.79 Å². The van der Waals surface area contributed by atoms with Gasteiger partial charge in [-0.05, 0) is 26.2 Å². The number of aryl methyl sites for hydroxylation is 1. The van der Waals surface area contributed by atoms with Gasteiger partial charge < -0.3 is 5.11 Å². The number of carboxylic acid groups (broad SMARTS) is 1. The fraction of sp³-hybridized carbons (Fsp3) is 0.667. The van der Waals surface area contributed by atoms with Crippen molar-refractivity contribution < 1.29 is 9.90 Å². The molecule has 0 spiro atoms. The average molecular weight is 254 g/mol. The van der Waals surface area contributed by atoms with E-state index in [4.69, 9.17) is 5.11 Å². The Bertz CT molecular complexity index is 388. The van der Waals surface area contributed by atoms with E-state index in [1.165, 1.54) is 17.7 Å². The molecule has 1 N–H and O–H groups in total. The Morgan fingerprint density at radius 2 is 2.35 bits per heavy atom. The number of aromatic nitrogens is 1. The van der Waals surface area contributed by atoms with Gasteiger partial charge in [0.2, 0.25) is 0 Å². The summed E-state index contributed by atoms with van der Waals surface area (Å²) in [6.45, 7) is 3.67. The molecule has 0 amide bonds.